The van der Waals surface area contributed by atoms with E-state index < -0.39 is 5.41 Å². The number of para-hydroxylation sites is 1. The van der Waals surface area contributed by atoms with Crippen molar-refractivity contribution >= 4 is 33.5 Å². The van der Waals surface area contributed by atoms with Crippen LogP contribution in [-0.4, -0.2) is 0 Å². The Hall–Kier alpha value is -5.37. The van der Waals surface area contributed by atoms with Gasteiger partial charge in [-0.15, -0.1) is 0 Å². The second-order valence-corrected chi connectivity index (χ2v) is 12.2. The fraction of sp³-hybridized carbons (Fsp3) is 0.0233. The summed E-state index contributed by atoms with van der Waals surface area (Å²) in [5, 5.41) is 2.99. The number of halogens is 1. The van der Waals surface area contributed by atoms with Gasteiger partial charge in [-0.1, -0.05) is 145 Å². The summed E-state index contributed by atoms with van der Waals surface area (Å²) in [5.74, 6) is 0. The molecule has 1 nitrogen and oxygen atoms in total. The molecular formula is C43H27ClO. The number of fused-ring (bicyclic) bond motifs is 6. The fourth-order valence-electron chi connectivity index (χ4n) is 7.51. The minimum atomic E-state index is -0.554. The van der Waals surface area contributed by atoms with Crippen molar-refractivity contribution in [2.45, 2.75) is 5.41 Å². The molecule has 0 radical (unpaired) electrons. The largest absolute Gasteiger partial charge is 0.456 e. The standard InChI is InChI=1S/C43H27ClO/c44-32-21-24-33(28-11-3-1-4-12-28)38(27-32)29-19-22-35-34-15-7-9-17-39(34)43(40(35)25-29,30-13-5-2-6-14-30)31-20-23-37-36-16-8-10-18-41(36)45-42(37)26-31/h1-27H. The quantitative estimate of drug-likeness (QED) is 0.197. The molecule has 0 saturated carbocycles. The highest BCUT2D eigenvalue weighted by Gasteiger charge is 2.46. The van der Waals surface area contributed by atoms with E-state index in [1.54, 1.807) is 0 Å². The van der Waals surface area contributed by atoms with E-state index in [-0.39, 0.29) is 0 Å². The van der Waals surface area contributed by atoms with E-state index in [0.717, 1.165) is 49.2 Å². The molecule has 1 unspecified atom stereocenters. The summed E-state index contributed by atoms with van der Waals surface area (Å²) in [5.41, 5.74) is 13.2. The SMILES string of the molecule is Clc1ccc(-c2ccccc2)c(-c2ccc3c(c2)C(c2ccccc2)(c2ccc4c(c2)oc2ccccc24)c2ccccc2-3)c1. The van der Waals surface area contributed by atoms with Crippen molar-refractivity contribution in [1.82, 2.24) is 0 Å². The first-order chi connectivity index (χ1) is 22.2. The summed E-state index contributed by atoms with van der Waals surface area (Å²) in [6.45, 7) is 0. The zero-order chi connectivity index (χ0) is 30.0. The summed E-state index contributed by atoms with van der Waals surface area (Å²) in [6.07, 6.45) is 0. The first-order valence-corrected chi connectivity index (χ1v) is 15.7. The Labute approximate surface area is 267 Å². The normalized spacial score (nSPS) is 15.3. The predicted molar refractivity (Wildman–Crippen MR) is 187 cm³/mol. The molecule has 0 saturated heterocycles. The van der Waals surface area contributed by atoms with Gasteiger partial charge in [-0.3, -0.25) is 0 Å². The molecule has 1 aliphatic rings. The Morgan fingerprint density at radius 3 is 1.96 bits per heavy atom. The Bertz CT molecular complexity index is 2390. The van der Waals surface area contributed by atoms with Crippen molar-refractivity contribution in [2.75, 3.05) is 0 Å². The summed E-state index contributed by atoms with van der Waals surface area (Å²) >= 11 is 6.67. The smallest absolute Gasteiger partial charge is 0.135 e. The van der Waals surface area contributed by atoms with Gasteiger partial charge >= 0.3 is 0 Å². The van der Waals surface area contributed by atoms with E-state index in [4.69, 9.17) is 16.0 Å². The minimum absolute atomic E-state index is 0.554. The molecule has 8 aromatic rings. The average molecular weight is 595 g/mol. The first-order valence-electron chi connectivity index (χ1n) is 15.3. The van der Waals surface area contributed by atoms with Gasteiger partial charge in [-0.05, 0) is 86.0 Å². The second kappa shape index (κ2) is 10.1. The summed E-state index contributed by atoms with van der Waals surface area (Å²) in [4.78, 5) is 0. The lowest BCUT2D eigenvalue weighted by Gasteiger charge is -2.34. The van der Waals surface area contributed by atoms with Crippen LogP contribution >= 0.6 is 11.6 Å². The van der Waals surface area contributed by atoms with Crippen molar-refractivity contribution in [2.24, 2.45) is 0 Å². The number of benzene rings is 7. The molecule has 9 rings (SSSR count). The molecule has 7 aromatic carbocycles. The van der Waals surface area contributed by atoms with Crippen molar-refractivity contribution in [3.63, 3.8) is 0 Å². The monoisotopic (exact) mass is 594 g/mol. The van der Waals surface area contributed by atoms with E-state index >= 15 is 0 Å². The van der Waals surface area contributed by atoms with Crippen LogP contribution in [0.1, 0.15) is 22.3 Å². The van der Waals surface area contributed by atoms with Crippen molar-refractivity contribution in [3.8, 4) is 33.4 Å². The fourth-order valence-corrected chi connectivity index (χ4v) is 7.68. The maximum atomic E-state index is 6.67. The van der Waals surface area contributed by atoms with E-state index in [2.05, 4.69) is 146 Å². The zero-order valence-corrected chi connectivity index (χ0v) is 25.1. The molecule has 45 heavy (non-hydrogen) atoms. The molecule has 0 bridgehead atoms. The van der Waals surface area contributed by atoms with Gasteiger partial charge in [0.05, 0.1) is 5.41 Å². The van der Waals surface area contributed by atoms with Gasteiger partial charge in [-0.2, -0.15) is 0 Å². The molecule has 0 fully saturated rings. The van der Waals surface area contributed by atoms with Crippen LogP contribution in [0.5, 0.6) is 0 Å². The molecule has 0 amide bonds. The summed E-state index contributed by atoms with van der Waals surface area (Å²) < 4.78 is 6.47. The highest BCUT2D eigenvalue weighted by molar-refractivity contribution is 6.31. The van der Waals surface area contributed by atoms with E-state index in [1.165, 1.54) is 33.4 Å². The molecule has 1 aromatic heterocycles. The van der Waals surface area contributed by atoms with Gasteiger partial charge in [0.2, 0.25) is 0 Å². The van der Waals surface area contributed by atoms with Gasteiger partial charge in [0.1, 0.15) is 11.2 Å². The van der Waals surface area contributed by atoms with Crippen LogP contribution in [0.3, 0.4) is 0 Å². The van der Waals surface area contributed by atoms with Crippen LogP contribution in [0, 0.1) is 0 Å². The number of rotatable bonds is 4. The molecule has 1 atom stereocenters. The predicted octanol–water partition coefficient (Wildman–Crippen LogP) is 11.9. The molecule has 1 heterocycles. The van der Waals surface area contributed by atoms with E-state index in [1.807, 2.05) is 18.2 Å². The van der Waals surface area contributed by atoms with E-state index in [0.29, 0.717) is 0 Å². The third kappa shape index (κ3) is 3.88. The summed E-state index contributed by atoms with van der Waals surface area (Å²) in [7, 11) is 0. The van der Waals surface area contributed by atoms with Crippen LogP contribution in [0.2, 0.25) is 5.02 Å². The molecule has 0 aliphatic heterocycles. The maximum absolute atomic E-state index is 6.67. The molecule has 0 spiro atoms. The Balaban J connectivity index is 1.36. The third-order valence-corrected chi connectivity index (χ3v) is 9.68. The molecule has 2 heteroatoms. The Kier molecular flexibility index (Phi) is 5.84. The number of hydrogen-bond acceptors (Lipinski definition) is 1. The van der Waals surface area contributed by atoms with Gasteiger partial charge in [0, 0.05) is 15.8 Å². The molecule has 212 valence electrons. The Morgan fingerprint density at radius 1 is 0.400 bits per heavy atom. The van der Waals surface area contributed by atoms with E-state index in [9.17, 15) is 0 Å². The minimum Gasteiger partial charge on any atom is -0.456 e. The van der Waals surface area contributed by atoms with Crippen LogP contribution in [0.4, 0.5) is 0 Å². The average Bonchev–Trinajstić information content (AvgIpc) is 3.62. The maximum Gasteiger partial charge on any atom is 0.135 e. The molecule has 0 N–H and O–H groups in total. The van der Waals surface area contributed by atoms with Crippen molar-refractivity contribution in [3.05, 3.63) is 191 Å². The molecular weight excluding hydrogens is 568 g/mol. The number of furan rings is 1. The highest BCUT2D eigenvalue weighted by Crippen LogP contribution is 2.57. The first kappa shape index (κ1) is 26.1. The van der Waals surface area contributed by atoms with Gasteiger partial charge in [0.15, 0.2) is 0 Å². The zero-order valence-electron chi connectivity index (χ0n) is 24.4. The van der Waals surface area contributed by atoms with Gasteiger partial charge in [0.25, 0.3) is 0 Å². The van der Waals surface area contributed by atoms with Crippen molar-refractivity contribution < 1.29 is 4.42 Å². The van der Waals surface area contributed by atoms with Crippen LogP contribution in [0.15, 0.2) is 168 Å². The van der Waals surface area contributed by atoms with Gasteiger partial charge < -0.3 is 4.42 Å². The topological polar surface area (TPSA) is 13.1 Å². The lowest BCUT2D eigenvalue weighted by molar-refractivity contribution is 0.665. The lowest BCUT2D eigenvalue weighted by atomic mass is 9.67. The third-order valence-electron chi connectivity index (χ3n) is 9.44. The van der Waals surface area contributed by atoms with Crippen LogP contribution in [0.25, 0.3) is 55.3 Å². The van der Waals surface area contributed by atoms with Crippen LogP contribution in [-0.2, 0) is 5.41 Å². The van der Waals surface area contributed by atoms with Crippen LogP contribution < -0.4 is 0 Å². The second-order valence-electron chi connectivity index (χ2n) is 11.8. The molecule has 1 aliphatic carbocycles. The number of hydrogen-bond donors (Lipinski definition) is 0. The van der Waals surface area contributed by atoms with Gasteiger partial charge in [-0.25, -0.2) is 0 Å². The summed E-state index contributed by atoms with van der Waals surface area (Å²) in [6, 6.07) is 58.5. The van der Waals surface area contributed by atoms with Crippen molar-refractivity contribution in [1.29, 1.82) is 0 Å². The lowest BCUT2D eigenvalue weighted by Crippen LogP contribution is -2.28. The Morgan fingerprint density at radius 2 is 1.09 bits per heavy atom. The highest BCUT2D eigenvalue weighted by atomic mass is 35.5.